The molecule has 0 saturated heterocycles. The number of aromatic nitrogens is 1. The van der Waals surface area contributed by atoms with Gasteiger partial charge in [-0.25, -0.2) is 4.98 Å². The van der Waals surface area contributed by atoms with E-state index in [1.165, 1.54) is 11.1 Å². The van der Waals surface area contributed by atoms with Crippen LogP contribution >= 0.6 is 22.9 Å². The zero-order chi connectivity index (χ0) is 20.4. The van der Waals surface area contributed by atoms with Crippen LogP contribution in [0.15, 0.2) is 47.8 Å². The minimum Gasteiger partial charge on any atom is -0.486 e. The highest BCUT2D eigenvalue weighted by Crippen LogP contribution is 2.30. The number of carbonyl (C=O) groups is 1. The zero-order valence-electron chi connectivity index (χ0n) is 16.5. The lowest BCUT2D eigenvalue weighted by Crippen LogP contribution is -2.32. The Kier molecular flexibility index (Phi) is 5.88. The Morgan fingerprint density at radius 1 is 1.17 bits per heavy atom. The van der Waals surface area contributed by atoms with Crippen molar-refractivity contribution in [2.45, 2.75) is 45.9 Å². The number of aryl methyl sites for hydroxylation is 2. The molecular formula is C23H23ClN2O2S. The molecule has 1 fully saturated rings. The average Bonchev–Trinajstić information content (AvgIpc) is 3.46. The van der Waals surface area contributed by atoms with E-state index in [-0.39, 0.29) is 5.91 Å². The predicted molar refractivity (Wildman–Crippen MR) is 117 cm³/mol. The summed E-state index contributed by atoms with van der Waals surface area (Å²) >= 11 is 7.52. The standard InChI is InChI=1S/C23H23ClN2O2S/c1-15-3-10-21(11-16(15)2)28-13-22-25-19(14-29-22)12-26(20-8-9-20)23(27)17-4-6-18(24)7-5-17/h3-7,10-11,14,20H,8-9,12-13H2,1-2H3. The van der Waals surface area contributed by atoms with Gasteiger partial charge in [-0.3, -0.25) is 4.79 Å². The van der Waals surface area contributed by atoms with Crippen LogP contribution < -0.4 is 4.74 Å². The molecule has 0 radical (unpaired) electrons. The van der Waals surface area contributed by atoms with Crippen LogP contribution in [0.4, 0.5) is 0 Å². The van der Waals surface area contributed by atoms with Crippen molar-refractivity contribution in [1.29, 1.82) is 0 Å². The fourth-order valence-electron chi connectivity index (χ4n) is 3.12. The second kappa shape index (κ2) is 8.56. The molecule has 1 aliphatic rings. The molecule has 0 unspecified atom stereocenters. The van der Waals surface area contributed by atoms with E-state index in [1.54, 1.807) is 35.6 Å². The minimum atomic E-state index is 0.0325. The van der Waals surface area contributed by atoms with Gasteiger partial charge in [0.15, 0.2) is 0 Å². The van der Waals surface area contributed by atoms with Gasteiger partial charge in [0.05, 0.1) is 12.2 Å². The topological polar surface area (TPSA) is 42.4 Å². The first-order valence-corrected chi connectivity index (χ1v) is 11.0. The highest BCUT2D eigenvalue weighted by molar-refractivity contribution is 7.09. The summed E-state index contributed by atoms with van der Waals surface area (Å²) in [6.45, 7) is 5.12. The molecule has 0 aliphatic heterocycles. The van der Waals surface area contributed by atoms with E-state index in [2.05, 4.69) is 24.9 Å². The number of thiazole rings is 1. The summed E-state index contributed by atoms with van der Waals surface area (Å²) in [5, 5.41) is 3.56. The van der Waals surface area contributed by atoms with Gasteiger partial charge in [-0.05, 0) is 74.2 Å². The number of rotatable bonds is 7. The third kappa shape index (κ3) is 4.98. The fraction of sp³-hybridized carbons (Fsp3) is 0.304. The van der Waals surface area contributed by atoms with Gasteiger partial charge in [0.1, 0.15) is 17.4 Å². The molecule has 1 amide bonds. The first kappa shape index (κ1) is 19.9. The van der Waals surface area contributed by atoms with E-state index in [0.717, 1.165) is 29.3 Å². The quantitative estimate of drug-likeness (QED) is 0.479. The van der Waals surface area contributed by atoms with Crippen LogP contribution in [0.1, 0.15) is 45.0 Å². The van der Waals surface area contributed by atoms with Crippen molar-refractivity contribution in [3.63, 3.8) is 0 Å². The van der Waals surface area contributed by atoms with Crippen molar-refractivity contribution in [2.75, 3.05) is 0 Å². The van der Waals surface area contributed by atoms with Gasteiger partial charge in [-0.2, -0.15) is 0 Å². The molecule has 1 aromatic heterocycles. The summed E-state index contributed by atoms with van der Waals surface area (Å²) in [6.07, 6.45) is 2.10. The van der Waals surface area contributed by atoms with Crippen molar-refractivity contribution < 1.29 is 9.53 Å². The van der Waals surface area contributed by atoms with Crippen LogP contribution in [-0.4, -0.2) is 21.8 Å². The number of amides is 1. The summed E-state index contributed by atoms with van der Waals surface area (Å²) in [5.74, 6) is 0.882. The average molecular weight is 427 g/mol. The molecule has 4 rings (SSSR count). The molecule has 0 N–H and O–H groups in total. The van der Waals surface area contributed by atoms with Crippen LogP contribution in [0.25, 0.3) is 0 Å². The number of ether oxygens (including phenoxy) is 1. The van der Waals surface area contributed by atoms with Gasteiger partial charge in [0, 0.05) is 22.0 Å². The lowest BCUT2D eigenvalue weighted by Gasteiger charge is -2.21. The normalized spacial score (nSPS) is 13.3. The maximum atomic E-state index is 13.0. The van der Waals surface area contributed by atoms with E-state index in [4.69, 9.17) is 16.3 Å². The van der Waals surface area contributed by atoms with Crippen molar-refractivity contribution in [3.05, 3.63) is 80.3 Å². The number of nitrogens with zero attached hydrogens (tertiary/aromatic N) is 2. The molecule has 1 aliphatic carbocycles. The highest BCUT2D eigenvalue weighted by Gasteiger charge is 2.33. The van der Waals surface area contributed by atoms with E-state index < -0.39 is 0 Å². The molecule has 6 heteroatoms. The van der Waals surface area contributed by atoms with E-state index in [0.29, 0.717) is 29.8 Å². The predicted octanol–water partition coefficient (Wildman–Crippen LogP) is 5.80. The Bertz CT molecular complexity index is 1010. The maximum Gasteiger partial charge on any atom is 0.254 e. The Labute approximate surface area is 180 Å². The molecule has 29 heavy (non-hydrogen) atoms. The molecular weight excluding hydrogens is 404 g/mol. The Balaban J connectivity index is 1.40. The Morgan fingerprint density at radius 2 is 1.93 bits per heavy atom. The molecule has 2 aromatic carbocycles. The molecule has 0 spiro atoms. The van der Waals surface area contributed by atoms with Gasteiger partial charge in [-0.1, -0.05) is 17.7 Å². The molecule has 150 valence electrons. The van der Waals surface area contributed by atoms with Crippen molar-refractivity contribution in [1.82, 2.24) is 9.88 Å². The number of hydrogen-bond acceptors (Lipinski definition) is 4. The smallest absolute Gasteiger partial charge is 0.254 e. The van der Waals surface area contributed by atoms with Gasteiger partial charge in [-0.15, -0.1) is 11.3 Å². The minimum absolute atomic E-state index is 0.0325. The van der Waals surface area contributed by atoms with E-state index >= 15 is 0 Å². The molecule has 3 aromatic rings. The van der Waals surface area contributed by atoms with Gasteiger partial charge >= 0.3 is 0 Å². The largest absolute Gasteiger partial charge is 0.486 e. The summed E-state index contributed by atoms with van der Waals surface area (Å²) in [4.78, 5) is 19.6. The van der Waals surface area contributed by atoms with Gasteiger partial charge in [0.25, 0.3) is 5.91 Å². The first-order chi connectivity index (χ1) is 14.0. The number of hydrogen-bond donors (Lipinski definition) is 0. The summed E-state index contributed by atoms with van der Waals surface area (Å²) in [7, 11) is 0. The van der Waals surface area contributed by atoms with Crippen molar-refractivity contribution in [3.8, 4) is 5.75 Å². The fourth-order valence-corrected chi connectivity index (χ4v) is 3.94. The molecule has 4 nitrogen and oxygen atoms in total. The second-order valence-electron chi connectivity index (χ2n) is 7.44. The monoisotopic (exact) mass is 426 g/mol. The van der Waals surface area contributed by atoms with Gasteiger partial charge in [0.2, 0.25) is 0 Å². The van der Waals surface area contributed by atoms with Crippen molar-refractivity contribution in [2.24, 2.45) is 0 Å². The Hall–Kier alpha value is -2.37. The number of benzene rings is 2. The maximum absolute atomic E-state index is 13.0. The lowest BCUT2D eigenvalue weighted by atomic mass is 10.1. The van der Waals surface area contributed by atoms with E-state index in [9.17, 15) is 4.79 Å². The molecule has 0 atom stereocenters. The third-order valence-corrected chi connectivity index (χ3v) is 6.24. The second-order valence-corrected chi connectivity index (χ2v) is 8.82. The van der Waals surface area contributed by atoms with Gasteiger partial charge < -0.3 is 9.64 Å². The van der Waals surface area contributed by atoms with E-state index in [1.807, 2.05) is 22.4 Å². The number of halogens is 1. The SMILES string of the molecule is Cc1ccc(OCc2nc(CN(C(=O)c3ccc(Cl)cc3)C3CC3)cs2)cc1C. The van der Waals surface area contributed by atoms with Crippen molar-refractivity contribution >= 4 is 28.8 Å². The zero-order valence-corrected chi connectivity index (χ0v) is 18.1. The summed E-state index contributed by atoms with van der Waals surface area (Å²) in [5.41, 5.74) is 4.03. The van der Waals surface area contributed by atoms with Crippen LogP contribution in [-0.2, 0) is 13.2 Å². The lowest BCUT2D eigenvalue weighted by molar-refractivity contribution is 0.0728. The Morgan fingerprint density at radius 3 is 2.62 bits per heavy atom. The molecule has 1 heterocycles. The highest BCUT2D eigenvalue weighted by atomic mass is 35.5. The molecule has 0 bridgehead atoms. The summed E-state index contributed by atoms with van der Waals surface area (Å²) < 4.78 is 5.89. The third-order valence-electron chi connectivity index (χ3n) is 5.11. The number of carbonyl (C=O) groups excluding carboxylic acids is 1. The van der Waals surface area contributed by atoms with Crippen LogP contribution in [0.5, 0.6) is 5.75 Å². The summed E-state index contributed by atoms with van der Waals surface area (Å²) in [6, 6.07) is 13.5. The molecule has 1 saturated carbocycles. The van der Waals surface area contributed by atoms with Crippen LogP contribution in [0, 0.1) is 13.8 Å². The first-order valence-electron chi connectivity index (χ1n) is 9.69. The van der Waals surface area contributed by atoms with Crippen LogP contribution in [0.2, 0.25) is 5.02 Å². The van der Waals surface area contributed by atoms with Crippen LogP contribution in [0.3, 0.4) is 0 Å².